The first-order valence-electron chi connectivity index (χ1n) is 4.40. The minimum absolute atomic E-state index is 0.923. The van der Waals surface area contributed by atoms with E-state index in [1.54, 1.807) is 0 Å². The second kappa shape index (κ2) is 8.92. The van der Waals surface area contributed by atoms with Gasteiger partial charge in [0.2, 0.25) is 0 Å². The molecule has 11 heavy (non-hydrogen) atoms. The monoisotopic (exact) mass is 238 g/mol. The molecule has 0 fully saturated rings. The highest BCUT2D eigenvalue weighted by atomic mass is 79.9. The predicted octanol–water partition coefficient (Wildman–Crippen LogP) is 3.94. The third-order valence-electron chi connectivity index (χ3n) is 1.88. The molecule has 0 saturated carbocycles. The van der Waals surface area contributed by atoms with Crippen LogP contribution in [0.4, 0.5) is 0 Å². The van der Waals surface area contributed by atoms with E-state index in [0.717, 1.165) is 5.92 Å². The minimum atomic E-state index is 0.923. The number of hydrogen-bond donors (Lipinski definition) is 0. The lowest BCUT2D eigenvalue weighted by molar-refractivity contribution is 0.493. The number of alkyl halides is 1. The summed E-state index contributed by atoms with van der Waals surface area (Å²) in [6, 6.07) is 0. The Labute approximate surface area is 83.6 Å². The summed E-state index contributed by atoms with van der Waals surface area (Å²) < 4.78 is 0. The molecule has 0 saturated heterocycles. The zero-order chi connectivity index (χ0) is 8.53. The van der Waals surface area contributed by atoms with Crippen LogP contribution in [0, 0.1) is 5.92 Å². The molecule has 1 unspecified atom stereocenters. The fraction of sp³-hybridized carbons (Fsp3) is 1.00. The van der Waals surface area contributed by atoms with Crippen molar-refractivity contribution >= 4 is 27.7 Å². The molecule has 0 aromatic heterocycles. The summed E-state index contributed by atoms with van der Waals surface area (Å²) in [4.78, 5) is 0. The quantitative estimate of drug-likeness (QED) is 0.479. The second-order valence-electron chi connectivity index (χ2n) is 2.94. The van der Waals surface area contributed by atoms with E-state index in [0.29, 0.717) is 0 Å². The van der Waals surface area contributed by atoms with Crippen molar-refractivity contribution < 1.29 is 0 Å². The molecule has 0 aliphatic carbocycles. The highest BCUT2D eigenvalue weighted by molar-refractivity contribution is 9.09. The van der Waals surface area contributed by atoms with Crippen molar-refractivity contribution in [1.82, 2.24) is 0 Å². The van der Waals surface area contributed by atoms with Gasteiger partial charge in [-0.15, -0.1) is 0 Å². The Morgan fingerprint density at radius 1 is 1.36 bits per heavy atom. The Balaban J connectivity index is 3.20. The summed E-state index contributed by atoms with van der Waals surface area (Å²) in [5.41, 5.74) is 0. The van der Waals surface area contributed by atoms with Gasteiger partial charge in [-0.25, -0.2) is 0 Å². The summed E-state index contributed by atoms with van der Waals surface area (Å²) in [5, 5.41) is 1.19. The van der Waals surface area contributed by atoms with E-state index in [9.17, 15) is 0 Å². The maximum Gasteiger partial charge on any atom is 0.00596 e. The third kappa shape index (κ3) is 7.20. The van der Waals surface area contributed by atoms with E-state index in [1.165, 1.54) is 36.8 Å². The number of hydrogen-bond acceptors (Lipinski definition) is 1. The van der Waals surface area contributed by atoms with E-state index in [1.807, 2.05) is 11.8 Å². The molecule has 0 aliphatic rings. The molecule has 0 heterocycles. The van der Waals surface area contributed by atoms with Crippen molar-refractivity contribution in [3.8, 4) is 0 Å². The fourth-order valence-electron chi connectivity index (χ4n) is 1.22. The van der Waals surface area contributed by atoms with E-state index in [-0.39, 0.29) is 0 Å². The van der Waals surface area contributed by atoms with Crippen molar-refractivity contribution in [2.24, 2.45) is 5.92 Å². The summed E-state index contributed by atoms with van der Waals surface area (Å²) in [6.07, 6.45) is 7.69. The molecule has 0 N–H and O–H groups in total. The molecular formula is C9H19BrS. The van der Waals surface area contributed by atoms with Gasteiger partial charge in [0.1, 0.15) is 0 Å². The largest absolute Gasteiger partial charge is 0.165 e. The van der Waals surface area contributed by atoms with Crippen molar-refractivity contribution in [2.75, 3.05) is 17.3 Å². The van der Waals surface area contributed by atoms with E-state index in [2.05, 4.69) is 29.1 Å². The fourth-order valence-corrected chi connectivity index (χ4v) is 2.33. The molecule has 0 nitrogen and oxygen atoms in total. The maximum absolute atomic E-state index is 3.56. The Hall–Kier alpha value is 0.830. The van der Waals surface area contributed by atoms with E-state index >= 15 is 0 Å². The van der Waals surface area contributed by atoms with Gasteiger partial charge in [0.25, 0.3) is 0 Å². The lowest BCUT2D eigenvalue weighted by Gasteiger charge is -2.11. The average molecular weight is 239 g/mol. The van der Waals surface area contributed by atoms with Gasteiger partial charge in [-0.05, 0) is 37.2 Å². The zero-order valence-corrected chi connectivity index (χ0v) is 10.0. The van der Waals surface area contributed by atoms with Crippen molar-refractivity contribution in [3.05, 3.63) is 0 Å². The SMILES string of the molecule is CCCC(CBr)CCCSC. The van der Waals surface area contributed by atoms with Crippen LogP contribution in [0.15, 0.2) is 0 Å². The first-order valence-corrected chi connectivity index (χ1v) is 6.91. The Kier molecular flexibility index (Phi) is 9.60. The summed E-state index contributed by atoms with van der Waals surface area (Å²) in [7, 11) is 0. The van der Waals surface area contributed by atoms with Crippen LogP contribution >= 0.6 is 27.7 Å². The number of rotatable bonds is 7. The predicted molar refractivity (Wildman–Crippen MR) is 59.8 cm³/mol. The summed E-state index contributed by atoms with van der Waals surface area (Å²) >= 11 is 5.52. The molecule has 0 aromatic carbocycles. The van der Waals surface area contributed by atoms with Crippen molar-refractivity contribution in [3.63, 3.8) is 0 Å². The average Bonchev–Trinajstić information content (AvgIpc) is 2.03. The van der Waals surface area contributed by atoms with Crippen molar-refractivity contribution in [2.45, 2.75) is 32.6 Å². The minimum Gasteiger partial charge on any atom is -0.165 e. The van der Waals surface area contributed by atoms with Gasteiger partial charge in [0.15, 0.2) is 0 Å². The van der Waals surface area contributed by atoms with E-state index < -0.39 is 0 Å². The van der Waals surface area contributed by atoms with Crippen LogP contribution in [-0.2, 0) is 0 Å². The topological polar surface area (TPSA) is 0 Å². The van der Waals surface area contributed by atoms with Crippen LogP contribution in [0.1, 0.15) is 32.6 Å². The van der Waals surface area contributed by atoms with Gasteiger partial charge in [-0.3, -0.25) is 0 Å². The molecule has 2 heteroatoms. The van der Waals surface area contributed by atoms with Crippen LogP contribution in [0.25, 0.3) is 0 Å². The highest BCUT2D eigenvalue weighted by Crippen LogP contribution is 2.16. The Morgan fingerprint density at radius 3 is 2.55 bits per heavy atom. The van der Waals surface area contributed by atoms with Gasteiger partial charge < -0.3 is 0 Å². The lowest BCUT2D eigenvalue weighted by Crippen LogP contribution is -2.01. The van der Waals surface area contributed by atoms with Gasteiger partial charge in [-0.2, -0.15) is 11.8 Å². The lowest BCUT2D eigenvalue weighted by atomic mass is 10.0. The molecule has 0 rings (SSSR count). The van der Waals surface area contributed by atoms with Gasteiger partial charge in [0.05, 0.1) is 0 Å². The smallest absolute Gasteiger partial charge is 0.00596 e. The molecule has 0 aromatic rings. The first kappa shape index (κ1) is 11.8. The molecule has 0 spiro atoms. The second-order valence-corrected chi connectivity index (χ2v) is 4.58. The Morgan fingerprint density at radius 2 is 2.09 bits per heavy atom. The summed E-state index contributed by atoms with van der Waals surface area (Å²) in [6.45, 7) is 2.27. The summed E-state index contributed by atoms with van der Waals surface area (Å²) in [5.74, 6) is 2.25. The first-order chi connectivity index (χ1) is 5.35. The number of thioether (sulfide) groups is 1. The molecule has 0 radical (unpaired) electrons. The number of halogens is 1. The molecule has 0 aliphatic heterocycles. The molecule has 0 amide bonds. The normalized spacial score (nSPS) is 13.4. The third-order valence-corrected chi connectivity index (χ3v) is 3.49. The van der Waals surface area contributed by atoms with Crippen LogP contribution in [0.3, 0.4) is 0 Å². The van der Waals surface area contributed by atoms with Gasteiger partial charge in [-0.1, -0.05) is 29.3 Å². The van der Waals surface area contributed by atoms with E-state index in [4.69, 9.17) is 0 Å². The van der Waals surface area contributed by atoms with Crippen LogP contribution < -0.4 is 0 Å². The Bertz CT molecular complexity index is 76.0. The van der Waals surface area contributed by atoms with Crippen molar-refractivity contribution in [1.29, 1.82) is 0 Å². The zero-order valence-electron chi connectivity index (χ0n) is 7.61. The molecule has 1 atom stereocenters. The van der Waals surface area contributed by atoms with Crippen LogP contribution in [-0.4, -0.2) is 17.3 Å². The maximum atomic E-state index is 3.56. The molecule has 68 valence electrons. The van der Waals surface area contributed by atoms with Crippen LogP contribution in [0.2, 0.25) is 0 Å². The van der Waals surface area contributed by atoms with Gasteiger partial charge >= 0.3 is 0 Å². The highest BCUT2D eigenvalue weighted by Gasteiger charge is 2.04. The molecule has 0 bridgehead atoms. The molecular weight excluding hydrogens is 220 g/mol. The van der Waals surface area contributed by atoms with Crippen LogP contribution in [0.5, 0.6) is 0 Å². The van der Waals surface area contributed by atoms with Gasteiger partial charge in [0, 0.05) is 5.33 Å². The standard InChI is InChI=1S/C9H19BrS/c1-3-5-9(8-10)6-4-7-11-2/h9H,3-8H2,1-2H3.